The summed E-state index contributed by atoms with van der Waals surface area (Å²) in [6.07, 6.45) is 5.61. The van der Waals surface area contributed by atoms with Crippen molar-refractivity contribution in [3.63, 3.8) is 0 Å². The minimum absolute atomic E-state index is 0.564. The number of carbonyl (C=O) groups is 1. The van der Waals surface area contributed by atoms with E-state index >= 15 is 0 Å². The van der Waals surface area contributed by atoms with Crippen LogP contribution in [-0.4, -0.2) is 32.6 Å². The average Bonchev–Trinajstić information content (AvgIpc) is 2.48. The van der Waals surface area contributed by atoms with Gasteiger partial charge >= 0.3 is 0 Å². The van der Waals surface area contributed by atoms with Crippen LogP contribution in [0.15, 0.2) is 18.2 Å². The second-order valence-corrected chi connectivity index (χ2v) is 4.81. The second kappa shape index (κ2) is 7.14. The third kappa shape index (κ3) is 3.96. The molecule has 1 atom stereocenters. The van der Waals surface area contributed by atoms with Gasteiger partial charge in [0.05, 0.1) is 13.7 Å². The van der Waals surface area contributed by atoms with Gasteiger partial charge in [0, 0.05) is 11.6 Å². The lowest BCUT2D eigenvalue weighted by Gasteiger charge is -2.23. The molecule has 4 heteroatoms. The number of rotatable bonds is 6. The Labute approximate surface area is 114 Å². The molecule has 0 aromatic heterocycles. The van der Waals surface area contributed by atoms with Gasteiger partial charge in [-0.2, -0.15) is 0 Å². The summed E-state index contributed by atoms with van der Waals surface area (Å²) in [5.74, 6) is 1.31. The Morgan fingerprint density at radius 3 is 2.95 bits per heavy atom. The smallest absolute Gasteiger partial charge is 0.161 e. The van der Waals surface area contributed by atoms with Gasteiger partial charge in [-0.1, -0.05) is 6.42 Å². The highest BCUT2D eigenvalue weighted by Crippen LogP contribution is 2.27. The molecule has 0 spiro atoms. The van der Waals surface area contributed by atoms with Crippen molar-refractivity contribution >= 4 is 6.29 Å². The lowest BCUT2D eigenvalue weighted by Crippen LogP contribution is -2.35. The topological polar surface area (TPSA) is 47.6 Å². The third-order valence-electron chi connectivity index (χ3n) is 3.46. The van der Waals surface area contributed by atoms with Crippen molar-refractivity contribution in [2.45, 2.75) is 31.7 Å². The molecule has 0 amide bonds. The molecule has 4 nitrogen and oxygen atoms in total. The molecule has 1 N–H and O–H groups in total. The summed E-state index contributed by atoms with van der Waals surface area (Å²) in [5, 5.41) is 3.49. The molecule has 0 radical (unpaired) electrons. The number of carbonyl (C=O) groups excluding carboxylic acids is 1. The van der Waals surface area contributed by atoms with Crippen LogP contribution in [0.25, 0.3) is 0 Å². The van der Waals surface area contributed by atoms with Crippen molar-refractivity contribution in [2.75, 3.05) is 20.3 Å². The van der Waals surface area contributed by atoms with E-state index in [1.54, 1.807) is 25.3 Å². The van der Waals surface area contributed by atoms with Crippen LogP contribution >= 0.6 is 0 Å². The van der Waals surface area contributed by atoms with Gasteiger partial charge in [0.15, 0.2) is 11.5 Å². The zero-order valence-electron chi connectivity index (χ0n) is 11.4. The first-order chi connectivity index (χ1) is 9.33. The van der Waals surface area contributed by atoms with Crippen LogP contribution in [0.4, 0.5) is 0 Å². The van der Waals surface area contributed by atoms with Crippen LogP contribution in [-0.2, 0) is 0 Å². The number of nitrogens with one attached hydrogen (secondary N) is 1. The first kappa shape index (κ1) is 13.9. The maximum Gasteiger partial charge on any atom is 0.161 e. The Morgan fingerprint density at radius 1 is 1.37 bits per heavy atom. The van der Waals surface area contributed by atoms with Crippen LogP contribution in [0.5, 0.6) is 11.5 Å². The molecule has 1 aliphatic heterocycles. The molecule has 1 aliphatic rings. The molecular weight excluding hydrogens is 242 g/mol. The molecule has 0 aliphatic carbocycles. The molecule has 1 fully saturated rings. The summed E-state index contributed by atoms with van der Waals surface area (Å²) in [6.45, 7) is 1.77. The summed E-state index contributed by atoms with van der Waals surface area (Å²) >= 11 is 0. The Bertz CT molecular complexity index is 414. The number of hydrogen-bond donors (Lipinski definition) is 1. The number of benzene rings is 1. The zero-order chi connectivity index (χ0) is 13.5. The van der Waals surface area contributed by atoms with Crippen molar-refractivity contribution in [2.24, 2.45) is 0 Å². The van der Waals surface area contributed by atoms with E-state index in [4.69, 9.17) is 9.47 Å². The van der Waals surface area contributed by atoms with Gasteiger partial charge in [-0.05, 0) is 44.0 Å². The molecule has 19 heavy (non-hydrogen) atoms. The number of aldehydes is 1. The third-order valence-corrected chi connectivity index (χ3v) is 3.46. The normalized spacial score (nSPS) is 18.9. The van der Waals surface area contributed by atoms with Crippen molar-refractivity contribution in [1.29, 1.82) is 0 Å². The number of methoxy groups -OCH3 is 1. The highest BCUT2D eigenvalue weighted by molar-refractivity contribution is 5.76. The molecule has 1 saturated heterocycles. The fraction of sp³-hybridized carbons (Fsp3) is 0.533. The molecule has 1 unspecified atom stereocenters. The summed E-state index contributed by atoms with van der Waals surface area (Å²) < 4.78 is 11.0. The van der Waals surface area contributed by atoms with Crippen LogP contribution in [0.2, 0.25) is 0 Å². The van der Waals surface area contributed by atoms with Gasteiger partial charge in [0.25, 0.3) is 0 Å². The molecule has 2 rings (SSSR count). The lowest BCUT2D eigenvalue weighted by molar-refractivity contribution is 0.112. The van der Waals surface area contributed by atoms with Gasteiger partial charge in [-0.15, -0.1) is 0 Å². The van der Waals surface area contributed by atoms with Crippen molar-refractivity contribution < 1.29 is 14.3 Å². The first-order valence-electron chi connectivity index (χ1n) is 6.83. The van der Waals surface area contributed by atoms with Crippen molar-refractivity contribution in [3.8, 4) is 11.5 Å². The van der Waals surface area contributed by atoms with Gasteiger partial charge in [0.1, 0.15) is 6.29 Å². The second-order valence-electron chi connectivity index (χ2n) is 4.81. The van der Waals surface area contributed by atoms with Gasteiger partial charge < -0.3 is 14.8 Å². The molecule has 1 aromatic carbocycles. The zero-order valence-corrected chi connectivity index (χ0v) is 11.4. The Hall–Kier alpha value is -1.55. The molecule has 1 aromatic rings. The van der Waals surface area contributed by atoms with E-state index in [-0.39, 0.29) is 0 Å². The minimum Gasteiger partial charge on any atom is -0.493 e. The first-order valence-corrected chi connectivity index (χ1v) is 6.83. The Balaban J connectivity index is 1.86. The lowest BCUT2D eigenvalue weighted by atomic mass is 10.0. The van der Waals surface area contributed by atoms with Gasteiger partial charge in [-0.25, -0.2) is 0 Å². The number of hydrogen-bond acceptors (Lipinski definition) is 4. The fourth-order valence-electron chi connectivity index (χ4n) is 2.36. The van der Waals surface area contributed by atoms with Crippen LogP contribution in [0, 0.1) is 0 Å². The Kier molecular flexibility index (Phi) is 5.21. The van der Waals surface area contributed by atoms with E-state index in [1.807, 2.05) is 0 Å². The monoisotopic (exact) mass is 263 g/mol. The van der Waals surface area contributed by atoms with E-state index < -0.39 is 0 Å². The van der Waals surface area contributed by atoms with Crippen molar-refractivity contribution in [3.05, 3.63) is 23.8 Å². The quantitative estimate of drug-likeness (QED) is 0.801. The summed E-state index contributed by atoms with van der Waals surface area (Å²) in [5.41, 5.74) is 0.596. The highest BCUT2D eigenvalue weighted by atomic mass is 16.5. The summed E-state index contributed by atoms with van der Waals surface area (Å²) in [4.78, 5) is 10.7. The molecule has 104 valence electrons. The van der Waals surface area contributed by atoms with Crippen molar-refractivity contribution in [1.82, 2.24) is 5.32 Å². The SMILES string of the molecule is COc1cc(C=O)ccc1OCCC1CCCCN1. The molecular formula is C15H21NO3. The van der Waals surface area contributed by atoms with Crippen LogP contribution in [0.3, 0.4) is 0 Å². The summed E-state index contributed by atoms with van der Waals surface area (Å²) in [6, 6.07) is 5.79. The highest BCUT2D eigenvalue weighted by Gasteiger charge is 2.13. The molecule has 0 saturated carbocycles. The maximum absolute atomic E-state index is 10.7. The number of piperidine rings is 1. The average molecular weight is 263 g/mol. The Morgan fingerprint density at radius 2 is 2.26 bits per heavy atom. The minimum atomic E-state index is 0.564. The van der Waals surface area contributed by atoms with E-state index in [1.165, 1.54) is 19.3 Å². The standard InChI is InChI=1S/C15H21NO3/c1-18-15-10-12(11-17)5-6-14(15)19-9-7-13-4-2-3-8-16-13/h5-6,10-11,13,16H,2-4,7-9H2,1H3. The maximum atomic E-state index is 10.7. The van der Waals surface area contributed by atoms with E-state index in [9.17, 15) is 4.79 Å². The van der Waals surface area contributed by atoms with E-state index in [0.29, 0.717) is 29.7 Å². The van der Waals surface area contributed by atoms with Gasteiger partial charge in [0.2, 0.25) is 0 Å². The predicted octanol–water partition coefficient (Wildman–Crippen LogP) is 2.42. The predicted molar refractivity (Wildman–Crippen MR) is 74.1 cm³/mol. The number of ether oxygens (including phenoxy) is 2. The fourth-order valence-corrected chi connectivity index (χ4v) is 2.36. The van der Waals surface area contributed by atoms with E-state index in [0.717, 1.165) is 19.3 Å². The van der Waals surface area contributed by atoms with Gasteiger partial charge in [-0.3, -0.25) is 4.79 Å². The van der Waals surface area contributed by atoms with Crippen LogP contribution < -0.4 is 14.8 Å². The van der Waals surface area contributed by atoms with Crippen LogP contribution in [0.1, 0.15) is 36.0 Å². The van der Waals surface area contributed by atoms with E-state index in [2.05, 4.69) is 5.32 Å². The largest absolute Gasteiger partial charge is 0.493 e. The molecule has 1 heterocycles. The molecule has 0 bridgehead atoms. The summed E-state index contributed by atoms with van der Waals surface area (Å²) in [7, 11) is 1.58.